The minimum absolute atomic E-state index is 0.380. The number of hydrogen-bond donors (Lipinski definition) is 1. The number of methoxy groups -OCH3 is 2. The lowest BCUT2D eigenvalue weighted by Crippen LogP contribution is -2.47. The average Bonchev–Trinajstić information content (AvgIpc) is 2.64. The van der Waals surface area contributed by atoms with Gasteiger partial charge < -0.3 is 19.5 Å². The van der Waals surface area contributed by atoms with Crippen molar-refractivity contribution in [2.45, 2.75) is 18.9 Å². The molecular formula is C18H27BrN2O3. The molecule has 2 heterocycles. The lowest BCUT2D eigenvalue weighted by atomic mass is 9.85. The Morgan fingerprint density at radius 3 is 2.38 bits per heavy atom. The summed E-state index contributed by atoms with van der Waals surface area (Å²) in [6.45, 7) is 5.96. The van der Waals surface area contributed by atoms with Crippen LogP contribution in [0.25, 0.3) is 0 Å². The highest BCUT2D eigenvalue weighted by atomic mass is 79.9. The van der Waals surface area contributed by atoms with Gasteiger partial charge in [0.15, 0.2) is 11.5 Å². The van der Waals surface area contributed by atoms with Crippen LogP contribution in [0.5, 0.6) is 11.5 Å². The van der Waals surface area contributed by atoms with Crippen molar-refractivity contribution in [3.63, 3.8) is 0 Å². The molecule has 134 valence electrons. The summed E-state index contributed by atoms with van der Waals surface area (Å²) in [6, 6.07) is 4.55. The topological polar surface area (TPSA) is 43.0 Å². The predicted octanol–water partition coefficient (Wildman–Crippen LogP) is 2.84. The Hall–Kier alpha value is -0.820. The summed E-state index contributed by atoms with van der Waals surface area (Å²) in [6.07, 6.45) is 2.21. The first-order valence-corrected chi connectivity index (χ1v) is 9.48. The third kappa shape index (κ3) is 3.87. The zero-order valence-electron chi connectivity index (χ0n) is 14.5. The van der Waals surface area contributed by atoms with Gasteiger partial charge in [0.05, 0.1) is 14.2 Å². The summed E-state index contributed by atoms with van der Waals surface area (Å²) in [5, 5.41) is 3.46. The summed E-state index contributed by atoms with van der Waals surface area (Å²) in [5.41, 5.74) is 1.29. The Kier molecular flexibility index (Phi) is 6.38. The Morgan fingerprint density at radius 1 is 1.12 bits per heavy atom. The van der Waals surface area contributed by atoms with Crippen LogP contribution < -0.4 is 14.8 Å². The molecule has 2 saturated heterocycles. The van der Waals surface area contributed by atoms with Crippen LogP contribution in [0.15, 0.2) is 16.6 Å². The van der Waals surface area contributed by atoms with Crippen molar-refractivity contribution in [3.8, 4) is 11.5 Å². The number of halogens is 1. The van der Waals surface area contributed by atoms with Crippen molar-refractivity contribution in [2.75, 3.05) is 53.6 Å². The lowest BCUT2D eigenvalue weighted by Gasteiger charge is -2.41. The van der Waals surface area contributed by atoms with Crippen LogP contribution in [-0.2, 0) is 4.74 Å². The molecule has 0 spiro atoms. The maximum Gasteiger partial charge on any atom is 0.161 e. The van der Waals surface area contributed by atoms with Gasteiger partial charge in [-0.15, -0.1) is 0 Å². The van der Waals surface area contributed by atoms with Crippen LogP contribution in [0.3, 0.4) is 0 Å². The van der Waals surface area contributed by atoms with Gasteiger partial charge in [0.25, 0.3) is 0 Å². The standard InChI is InChI=1S/C18H27BrN2O3/c1-22-16-11-14(15(19)12-17(16)23-2)18(13-3-9-24-10-4-13)21-7-5-20-6-8-21/h11-13,18,20H,3-10H2,1-2H3/t18-/m0/s1. The van der Waals surface area contributed by atoms with Gasteiger partial charge in [0.1, 0.15) is 0 Å². The Morgan fingerprint density at radius 2 is 1.75 bits per heavy atom. The highest BCUT2D eigenvalue weighted by Crippen LogP contribution is 2.42. The van der Waals surface area contributed by atoms with Crippen molar-refractivity contribution < 1.29 is 14.2 Å². The largest absolute Gasteiger partial charge is 0.493 e. The summed E-state index contributed by atoms with van der Waals surface area (Å²) in [4.78, 5) is 2.61. The molecule has 2 aliphatic heterocycles. The molecule has 2 fully saturated rings. The summed E-state index contributed by atoms with van der Waals surface area (Å²) < 4.78 is 17.7. The second-order valence-corrected chi connectivity index (χ2v) is 7.26. The molecule has 0 aliphatic carbocycles. The van der Waals surface area contributed by atoms with E-state index in [0.717, 1.165) is 68.2 Å². The van der Waals surface area contributed by atoms with Crippen LogP contribution in [0.1, 0.15) is 24.4 Å². The van der Waals surface area contributed by atoms with E-state index in [2.05, 4.69) is 32.2 Å². The third-order valence-corrected chi connectivity index (χ3v) is 5.77. The van der Waals surface area contributed by atoms with E-state index in [0.29, 0.717) is 12.0 Å². The lowest BCUT2D eigenvalue weighted by molar-refractivity contribution is 0.0210. The number of nitrogens with one attached hydrogen (secondary N) is 1. The second-order valence-electron chi connectivity index (χ2n) is 6.41. The van der Waals surface area contributed by atoms with Gasteiger partial charge in [-0.25, -0.2) is 0 Å². The van der Waals surface area contributed by atoms with Gasteiger partial charge in [-0.05, 0) is 36.5 Å². The van der Waals surface area contributed by atoms with E-state index in [1.54, 1.807) is 14.2 Å². The number of ether oxygens (including phenoxy) is 3. The van der Waals surface area contributed by atoms with E-state index in [1.165, 1.54) is 5.56 Å². The molecule has 2 aliphatic rings. The number of piperazine rings is 1. The molecule has 1 N–H and O–H groups in total. The van der Waals surface area contributed by atoms with Crippen LogP contribution in [0.4, 0.5) is 0 Å². The fraction of sp³-hybridized carbons (Fsp3) is 0.667. The Bertz CT molecular complexity index is 525. The van der Waals surface area contributed by atoms with E-state index >= 15 is 0 Å². The fourth-order valence-electron chi connectivity index (χ4n) is 3.84. The summed E-state index contributed by atoms with van der Waals surface area (Å²) in [5.74, 6) is 2.16. The average molecular weight is 399 g/mol. The van der Waals surface area contributed by atoms with Crippen molar-refractivity contribution in [1.82, 2.24) is 10.2 Å². The molecule has 0 bridgehead atoms. The highest BCUT2D eigenvalue weighted by Gasteiger charge is 2.33. The zero-order chi connectivity index (χ0) is 16.9. The van der Waals surface area contributed by atoms with E-state index < -0.39 is 0 Å². The zero-order valence-corrected chi connectivity index (χ0v) is 16.1. The number of benzene rings is 1. The second kappa shape index (κ2) is 8.52. The number of hydrogen-bond acceptors (Lipinski definition) is 5. The van der Waals surface area contributed by atoms with Crippen molar-refractivity contribution >= 4 is 15.9 Å². The summed E-state index contributed by atoms with van der Waals surface area (Å²) >= 11 is 3.78. The molecule has 0 aromatic heterocycles. The Balaban J connectivity index is 1.97. The maximum absolute atomic E-state index is 5.60. The molecule has 6 heteroatoms. The molecule has 3 rings (SSSR count). The van der Waals surface area contributed by atoms with Gasteiger partial charge in [-0.1, -0.05) is 15.9 Å². The van der Waals surface area contributed by atoms with Gasteiger partial charge in [0.2, 0.25) is 0 Å². The van der Waals surface area contributed by atoms with Crippen LogP contribution in [0.2, 0.25) is 0 Å². The molecule has 0 amide bonds. The highest BCUT2D eigenvalue weighted by molar-refractivity contribution is 9.10. The van der Waals surface area contributed by atoms with Crippen LogP contribution in [0, 0.1) is 5.92 Å². The number of nitrogens with zero attached hydrogens (tertiary/aromatic N) is 1. The van der Waals surface area contributed by atoms with Gasteiger partial charge in [0, 0.05) is 49.9 Å². The SMILES string of the molecule is COc1cc(Br)c([C@H](C2CCOCC2)N2CCNCC2)cc1OC. The molecule has 1 aromatic rings. The van der Waals surface area contributed by atoms with Crippen LogP contribution in [-0.4, -0.2) is 58.5 Å². The quantitative estimate of drug-likeness (QED) is 0.825. The maximum atomic E-state index is 5.60. The van der Waals surface area contributed by atoms with Crippen molar-refractivity contribution in [1.29, 1.82) is 0 Å². The minimum atomic E-state index is 0.380. The van der Waals surface area contributed by atoms with E-state index in [1.807, 2.05) is 6.07 Å². The molecule has 1 atom stereocenters. The van der Waals surface area contributed by atoms with Gasteiger partial charge in [-0.2, -0.15) is 0 Å². The minimum Gasteiger partial charge on any atom is -0.493 e. The monoisotopic (exact) mass is 398 g/mol. The van der Waals surface area contributed by atoms with Crippen molar-refractivity contribution in [2.24, 2.45) is 5.92 Å². The molecule has 24 heavy (non-hydrogen) atoms. The van der Waals surface area contributed by atoms with Gasteiger partial charge in [-0.3, -0.25) is 4.90 Å². The molecule has 0 unspecified atom stereocenters. The van der Waals surface area contributed by atoms with E-state index in [4.69, 9.17) is 14.2 Å². The fourth-order valence-corrected chi connectivity index (χ4v) is 4.39. The van der Waals surface area contributed by atoms with E-state index in [-0.39, 0.29) is 0 Å². The normalized spacial score (nSPS) is 21.5. The first kappa shape index (κ1) is 18.0. The molecule has 0 saturated carbocycles. The van der Waals surface area contributed by atoms with Gasteiger partial charge >= 0.3 is 0 Å². The Labute approximate surface area is 152 Å². The predicted molar refractivity (Wildman–Crippen MR) is 98.0 cm³/mol. The third-order valence-electron chi connectivity index (χ3n) is 5.08. The first-order valence-electron chi connectivity index (χ1n) is 8.68. The smallest absolute Gasteiger partial charge is 0.161 e. The van der Waals surface area contributed by atoms with Crippen LogP contribution >= 0.6 is 15.9 Å². The first-order chi connectivity index (χ1) is 11.7. The molecule has 1 aromatic carbocycles. The van der Waals surface area contributed by atoms with E-state index in [9.17, 15) is 0 Å². The molecular weight excluding hydrogens is 372 g/mol. The molecule has 0 radical (unpaired) electrons. The van der Waals surface area contributed by atoms with Crippen molar-refractivity contribution in [3.05, 3.63) is 22.2 Å². The summed E-state index contributed by atoms with van der Waals surface area (Å²) in [7, 11) is 3.38. The number of rotatable bonds is 5. The molecule has 5 nitrogen and oxygen atoms in total.